The van der Waals surface area contributed by atoms with Crippen LogP contribution in [0.4, 0.5) is 0 Å². The van der Waals surface area contributed by atoms with Gasteiger partial charge in [-0.15, -0.1) is 0 Å². The molecule has 1 amide bonds. The van der Waals surface area contributed by atoms with Crippen LogP contribution in [-0.2, 0) is 11.3 Å². The monoisotopic (exact) mass is 278 g/mol. The lowest BCUT2D eigenvalue weighted by Crippen LogP contribution is -2.41. The molecule has 0 aliphatic rings. The molecular weight excluding hydrogens is 260 g/mol. The molecule has 0 fully saturated rings. The van der Waals surface area contributed by atoms with E-state index in [9.17, 15) is 4.79 Å². The molecule has 5 nitrogen and oxygen atoms in total. The Morgan fingerprint density at radius 3 is 2.84 bits per heavy atom. The highest BCUT2D eigenvalue weighted by Gasteiger charge is 2.14. The van der Waals surface area contributed by atoms with Crippen LogP contribution in [0.5, 0.6) is 0 Å². The van der Waals surface area contributed by atoms with Gasteiger partial charge < -0.3 is 11.1 Å². The van der Waals surface area contributed by atoms with Crippen molar-refractivity contribution in [2.45, 2.75) is 32.9 Å². The normalized spacial score (nSPS) is 12.8. The molecule has 2 rings (SSSR count). The van der Waals surface area contributed by atoms with Crippen molar-refractivity contribution in [3.63, 3.8) is 0 Å². The molecule has 1 atom stereocenters. The van der Waals surface area contributed by atoms with Crippen LogP contribution in [0.1, 0.15) is 25.8 Å². The minimum atomic E-state index is -0.440. The first-order valence-electron chi connectivity index (χ1n) is 6.30. The minimum Gasteiger partial charge on any atom is -0.351 e. The molecule has 0 saturated carbocycles. The van der Waals surface area contributed by atoms with Gasteiger partial charge in [0, 0.05) is 6.54 Å². The first kappa shape index (κ1) is 13.9. The third-order valence-electron chi connectivity index (χ3n) is 2.85. The summed E-state index contributed by atoms with van der Waals surface area (Å²) in [4.78, 5) is 11.8. The molecule has 19 heavy (non-hydrogen) atoms. The molecule has 0 saturated heterocycles. The summed E-state index contributed by atoms with van der Waals surface area (Å²) in [7, 11) is 0. The summed E-state index contributed by atoms with van der Waals surface area (Å²) in [5, 5.41) is 2.85. The Kier molecular flexibility index (Phi) is 4.44. The lowest BCUT2D eigenvalue weighted by atomic mass is 10.0. The second-order valence-corrected chi connectivity index (χ2v) is 5.57. The highest BCUT2D eigenvalue weighted by Crippen LogP contribution is 2.13. The molecule has 3 N–H and O–H groups in total. The smallest absolute Gasteiger partial charge is 0.237 e. The number of nitrogens with two attached hydrogens (primary N) is 1. The van der Waals surface area contributed by atoms with Crippen LogP contribution in [-0.4, -0.2) is 20.7 Å². The topological polar surface area (TPSA) is 80.9 Å². The fourth-order valence-electron chi connectivity index (χ4n) is 1.87. The Balaban J connectivity index is 1.92. The molecule has 0 radical (unpaired) electrons. The van der Waals surface area contributed by atoms with Crippen LogP contribution in [0.25, 0.3) is 11.0 Å². The van der Waals surface area contributed by atoms with Gasteiger partial charge in [-0.25, -0.2) is 0 Å². The number of fused-ring (bicyclic) bond motifs is 1. The minimum absolute atomic E-state index is 0.106. The van der Waals surface area contributed by atoms with Crippen LogP contribution >= 0.6 is 11.7 Å². The summed E-state index contributed by atoms with van der Waals surface area (Å²) in [6, 6.07) is 5.35. The van der Waals surface area contributed by atoms with Crippen molar-refractivity contribution >= 4 is 28.7 Å². The third kappa shape index (κ3) is 3.71. The zero-order chi connectivity index (χ0) is 13.8. The van der Waals surface area contributed by atoms with Gasteiger partial charge in [0.1, 0.15) is 11.0 Å². The average Bonchev–Trinajstić information content (AvgIpc) is 2.82. The van der Waals surface area contributed by atoms with E-state index in [1.807, 2.05) is 18.2 Å². The van der Waals surface area contributed by atoms with Crippen LogP contribution in [0.15, 0.2) is 18.2 Å². The van der Waals surface area contributed by atoms with Gasteiger partial charge in [0.05, 0.1) is 17.8 Å². The lowest BCUT2D eigenvalue weighted by molar-refractivity contribution is -0.122. The van der Waals surface area contributed by atoms with E-state index in [0.717, 1.165) is 16.6 Å². The summed E-state index contributed by atoms with van der Waals surface area (Å²) >= 11 is 1.19. The quantitative estimate of drug-likeness (QED) is 0.872. The van der Waals surface area contributed by atoms with Gasteiger partial charge in [-0.05, 0) is 30.0 Å². The lowest BCUT2D eigenvalue weighted by Gasteiger charge is -2.14. The summed E-state index contributed by atoms with van der Waals surface area (Å²) in [6.07, 6.45) is 0.695. The van der Waals surface area contributed by atoms with Gasteiger partial charge in [-0.2, -0.15) is 8.75 Å². The molecule has 1 heterocycles. The fraction of sp³-hybridized carbons (Fsp3) is 0.462. The van der Waals surface area contributed by atoms with E-state index in [1.165, 1.54) is 11.7 Å². The van der Waals surface area contributed by atoms with Crippen molar-refractivity contribution in [3.05, 3.63) is 23.8 Å². The molecule has 102 valence electrons. The molecule has 1 aromatic heterocycles. The summed E-state index contributed by atoms with van der Waals surface area (Å²) in [5.74, 6) is 0.309. The van der Waals surface area contributed by atoms with E-state index in [-0.39, 0.29) is 5.91 Å². The van der Waals surface area contributed by atoms with E-state index >= 15 is 0 Å². The second-order valence-electron chi connectivity index (χ2n) is 5.04. The number of benzene rings is 1. The van der Waals surface area contributed by atoms with Crippen LogP contribution in [0, 0.1) is 5.92 Å². The summed E-state index contributed by atoms with van der Waals surface area (Å²) in [5.41, 5.74) is 8.58. The van der Waals surface area contributed by atoms with E-state index in [2.05, 4.69) is 27.9 Å². The maximum atomic E-state index is 11.8. The van der Waals surface area contributed by atoms with Crippen molar-refractivity contribution in [1.29, 1.82) is 0 Å². The maximum Gasteiger partial charge on any atom is 0.237 e. The first-order chi connectivity index (χ1) is 9.06. The number of nitrogens with one attached hydrogen (secondary N) is 1. The van der Waals surface area contributed by atoms with Crippen molar-refractivity contribution in [1.82, 2.24) is 14.1 Å². The Labute approximate surface area is 116 Å². The van der Waals surface area contributed by atoms with Gasteiger partial charge in [-0.1, -0.05) is 19.9 Å². The van der Waals surface area contributed by atoms with E-state index < -0.39 is 6.04 Å². The highest BCUT2D eigenvalue weighted by atomic mass is 32.1. The molecular formula is C13H18N4OS. The van der Waals surface area contributed by atoms with E-state index in [4.69, 9.17) is 5.73 Å². The Morgan fingerprint density at radius 1 is 1.37 bits per heavy atom. The molecule has 0 spiro atoms. The number of aromatic nitrogens is 2. The third-order valence-corrected chi connectivity index (χ3v) is 3.40. The number of hydrogen-bond donors (Lipinski definition) is 2. The zero-order valence-corrected chi connectivity index (χ0v) is 11.9. The van der Waals surface area contributed by atoms with Crippen LogP contribution < -0.4 is 11.1 Å². The van der Waals surface area contributed by atoms with E-state index in [0.29, 0.717) is 18.9 Å². The number of amides is 1. The van der Waals surface area contributed by atoms with Crippen LogP contribution in [0.2, 0.25) is 0 Å². The zero-order valence-electron chi connectivity index (χ0n) is 11.1. The van der Waals surface area contributed by atoms with Gasteiger partial charge >= 0.3 is 0 Å². The predicted molar refractivity (Wildman–Crippen MR) is 76.7 cm³/mol. The molecule has 0 bridgehead atoms. The summed E-state index contributed by atoms with van der Waals surface area (Å²) in [6.45, 7) is 4.57. The molecule has 0 aliphatic carbocycles. The van der Waals surface area contributed by atoms with Crippen LogP contribution in [0.3, 0.4) is 0 Å². The maximum absolute atomic E-state index is 11.8. The Bertz CT molecular complexity index is 567. The Hall–Kier alpha value is -1.53. The fourth-order valence-corrected chi connectivity index (χ4v) is 2.39. The summed E-state index contributed by atoms with van der Waals surface area (Å²) < 4.78 is 8.31. The molecule has 1 aromatic carbocycles. The van der Waals surface area contributed by atoms with Crippen molar-refractivity contribution in [3.8, 4) is 0 Å². The number of carbonyl (C=O) groups excluding carboxylic acids is 1. The first-order valence-corrected chi connectivity index (χ1v) is 7.04. The average molecular weight is 278 g/mol. The Morgan fingerprint density at radius 2 is 2.11 bits per heavy atom. The van der Waals surface area contributed by atoms with Crippen molar-refractivity contribution in [2.75, 3.05) is 0 Å². The molecule has 0 unspecified atom stereocenters. The molecule has 6 heteroatoms. The number of rotatable bonds is 5. The standard InChI is InChI=1S/C13H18N4OS/c1-8(2)5-10(14)13(18)15-7-9-3-4-11-12(6-9)17-19-16-11/h3-4,6,8,10H,5,7,14H2,1-2H3,(H,15,18)/t10-/m1/s1. The largest absolute Gasteiger partial charge is 0.351 e. The molecule has 2 aromatic rings. The van der Waals surface area contributed by atoms with Gasteiger partial charge in [0.25, 0.3) is 0 Å². The highest BCUT2D eigenvalue weighted by molar-refractivity contribution is 7.00. The van der Waals surface area contributed by atoms with Gasteiger partial charge in [0.2, 0.25) is 5.91 Å². The van der Waals surface area contributed by atoms with E-state index in [1.54, 1.807) is 0 Å². The van der Waals surface area contributed by atoms with Gasteiger partial charge in [-0.3, -0.25) is 4.79 Å². The van der Waals surface area contributed by atoms with Crippen molar-refractivity contribution in [2.24, 2.45) is 11.7 Å². The predicted octanol–water partition coefficient (Wildman–Crippen LogP) is 1.68. The number of nitrogens with zero attached hydrogens (tertiary/aromatic N) is 2. The second kappa shape index (κ2) is 6.08. The van der Waals surface area contributed by atoms with Crippen molar-refractivity contribution < 1.29 is 4.79 Å². The molecule has 0 aliphatic heterocycles. The van der Waals surface area contributed by atoms with Gasteiger partial charge in [0.15, 0.2) is 0 Å². The SMILES string of the molecule is CC(C)C[C@@H](N)C(=O)NCc1ccc2nsnc2c1. The number of carbonyl (C=O) groups is 1. The number of hydrogen-bond acceptors (Lipinski definition) is 5.